The van der Waals surface area contributed by atoms with Crippen molar-refractivity contribution in [2.24, 2.45) is 0 Å². The number of halogens is 1. The van der Waals surface area contributed by atoms with E-state index in [2.05, 4.69) is 26.1 Å². The molecule has 2 aromatic carbocycles. The Bertz CT molecular complexity index is 835. The van der Waals surface area contributed by atoms with Gasteiger partial charge in [-0.05, 0) is 42.8 Å². The van der Waals surface area contributed by atoms with Crippen LogP contribution >= 0.6 is 15.9 Å². The van der Waals surface area contributed by atoms with Crippen LogP contribution in [0.1, 0.15) is 12.5 Å². The molecule has 3 rings (SSSR count). The van der Waals surface area contributed by atoms with Gasteiger partial charge >= 0.3 is 6.01 Å². The molecular weight excluding hydrogens is 374 g/mol. The summed E-state index contributed by atoms with van der Waals surface area (Å²) < 4.78 is 17.8. The zero-order valence-corrected chi connectivity index (χ0v) is 14.6. The van der Waals surface area contributed by atoms with Crippen LogP contribution in [0, 0.1) is 0 Å². The Kier molecular flexibility index (Phi) is 5.00. The van der Waals surface area contributed by atoms with Crippen LogP contribution in [0.5, 0.6) is 11.5 Å². The van der Waals surface area contributed by atoms with Gasteiger partial charge in [-0.3, -0.25) is 0 Å². The van der Waals surface area contributed by atoms with E-state index in [1.807, 2.05) is 43.3 Å². The fourth-order valence-corrected chi connectivity index (χ4v) is 2.61. The van der Waals surface area contributed by atoms with Crippen LogP contribution in [0.15, 0.2) is 51.4 Å². The molecule has 124 valence electrons. The highest BCUT2D eigenvalue weighted by Gasteiger charge is 2.12. The first-order chi connectivity index (χ1) is 11.7. The summed E-state index contributed by atoms with van der Waals surface area (Å²) in [5.41, 5.74) is 7.24. The van der Waals surface area contributed by atoms with Gasteiger partial charge in [-0.1, -0.05) is 33.2 Å². The van der Waals surface area contributed by atoms with Gasteiger partial charge in [0.15, 0.2) is 11.5 Å². The van der Waals surface area contributed by atoms with Crippen LogP contribution in [-0.2, 0) is 6.61 Å². The van der Waals surface area contributed by atoms with Crippen LogP contribution in [0.2, 0.25) is 0 Å². The van der Waals surface area contributed by atoms with Crippen molar-refractivity contribution in [2.75, 3.05) is 12.3 Å². The molecule has 0 aliphatic rings. The van der Waals surface area contributed by atoms with Crippen LogP contribution in [0.3, 0.4) is 0 Å². The van der Waals surface area contributed by atoms with Crippen LogP contribution < -0.4 is 15.2 Å². The van der Waals surface area contributed by atoms with Gasteiger partial charge in [-0.2, -0.15) is 0 Å². The smallest absolute Gasteiger partial charge is 0.313 e. The molecular formula is C17H16BrN3O3. The lowest BCUT2D eigenvalue weighted by atomic mass is 10.2. The predicted molar refractivity (Wildman–Crippen MR) is 93.8 cm³/mol. The highest BCUT2D eigenvalue weighted by Crippen LogP contribution is 2.33. The first kappa shape index (κ1) is 16.3. The molecule has 0 unspecified atom stereocenters. The minimum Gasteiger partial charge on any atom is -0.490 e. The molecule has 0 bridgehead atoms. The largest absolute Gasteiger partial charge is 0.490 e. The van der Waals surface area contributed by atoms with Crippen molar-refractivity contribution in [3.63, 3.8) is 0 Å². The molecule has 0 atom stereocenters. The molecule has 0 amide bonds. The molecule has 0 radical (unpaired) electrons. The van der Waals surface area contributed by atoms with Gasteiger partial charge in [-0.25, -0.2) is 0 Å². The number of nitrogens with two attached hydrogens (primary N) is 1. The van der Waals surface area contributed by atoms with Crippen LogP contribution in [0.25, 0.3) is 11.5 Å². The standard InChI is InChI=1S/C17H16BrN3O3/c1-2-22-15-9-12(16-20-21-17(19)24-16)6-7-14(15)23-10-11-4-3-5-13(18)8-11/h3-9H,2,10H2,1H3,(H2,19,21). The van der Waals surface area contributed by atoms with Gasteiger partial charge < -0.3 is 19.6 Å². The first-order valence-corrected chi connectivity index (χ1v) is 8.18. The molecule has 0 saturated heterocycles. The number of nitrogen functional groups attached to an aromatic ring is 1. The second-order valence-electron chi connectivity index (χ2n) is 4.96. The minimum absolute atomic E-state index is 0.0259. The monoisotopic (exact) mass is 389 g/mol. The molecule has 3 aromatic rings. The lowest BCUT2D eigenvalue weighted by Crippen LogP contribution is -2.00. The van der Waals surface area contributed by atoms with E-state index in [0.717, 1.165) is 15.6 Å². The number of hydrogen-bond acceptors (Lipinski definition) is 6. The molecule has 0 fully saturated rings. The molecule has 2 N–H and O–H groups in total. The van der Waals surface area contributed by atoms with E-state index in [9.17, 15) is 0 Å². The van der Waals surface area contributed by atoms with Gasteiger partial charge in [0.2, 0.25) is 5.89 Å². The van der Waals surface area contributed by atoms with Gasteiger partial charge in [0, 0.05) is 10.0 Å². The van der Waals surface area contributed by atoms with Crippen molar-refractivity contribution in [3.8, 4) is 23.0 Å². The van der Waals surface area contributed by atoms with E-state index in [1.165, 1.54) is 0 Å². The Morgan fingerprint density at radius 3 is 2.67 bits per heavy atom. The van der Waals surface area contributed by atoms with Gasteiger partial charge in [-0.15, -0.1) is 5.10 Å². The molecule has 0 saturated carbocycles. The molecule has 0 spiro atoms. The van der Waals surface area contributed by atoms with Crippen molar-refractivity contribution in [3.05, 3.63) is 52.5 Å². The Morgan fingerprint density at radius 1 is 1.08 bits per heavy atom. The molecule has 24 heavy (non-hydrogen) atoms. The zero-order valence-electron chi connectivity index (χ0n) is 13.0. The maximum Gasteiger partial charge on any atom is 0.313 e. The third-order valence-electron chi connectivity index (χ3n) is 3.21. The number of nitrogens with zero attached hydrogens (tertiary/aromatic N) is 2. The number of rotatable bonds is 6. The number of benzene rings is 2. The van der Waals surface area contributed by atoms with E-state index >= 15 is 0 Å². The summed E-state index contributed by atoms with van der Waals surface area (Å²) in [7, 11) is 0. The third-order valence-corrected chi connectivity index (χ3v) is 3.71. The summed E-state index contributed by atoms with van der Waals surface area (Å²) in [5.74, 6) is 1.60. The average molecular weight is 390 g/mol. The van der Waals surface area contributed by atoms with E-state index in [0.29, 0.717) is 30.6 Å². The fraction of sp³-hybridized carbons (Fsp3) is 0.176. The lowest BCUT2D eigenvalue weighted by molar-refractivity contribution is 0.269. The van der Waals surface area contributed by atoms with Crippen molar-refractivity contribution < 1.29 is 13.9 Å². The van der Waals surface area contributed by atoms with Gasteiger partial charge in [0.05, 0.1) is 6.61 Å². The molecule has 0 aliphatic heterocycles. The summed E-state index contributed by atoms with van der Waals surface area (Å²) in [5, 5.41) is 7.54. The van der Waals surface area contributed by atoms with Crippen LogP contribution in [-0.4, -0.2) is 16.8 Å². The van der Waals surface area contributed by atoms with Crippen LogP contribution in [0.4, 0.5) is 6.01 Å². The maximum atomic E-state index is 5.89. The molecule has 6 nitrogen and oxygen atoms in total. The van der Waals surface area contributed by atoms with Gasteiger partial charge in [0.25, 0.3) is 0 Å². The quantitative estimate of drug-likeness (QED) is 0.684. The lowest BCUT2D eigenvalue weighted by Gasteiger charge is -2.13. The summed E-state index contributed by atoms with van der Waals surface area (Å²) in [6, 6.07) is 13.4. The Labute approximate surface area is 147 Å². The van der Waals surface area contributed by atoms with E-state index in [1.54, 1.807) is 6.07 Å². The Hall–Kier alpha value is -2.54. The molecule has 1 heterocycles. The highest BCUT2D eigenvalue weighted by atomic mass is 79.9. The summed E-state index contributed by atoms with van der Waals surface area (Å²) in [6.45, 7) is 2.87. The maximum absolute atomic E-state index is 5.89. The minimum atomic E-state index is 0.0259. The van der Waals surface area contributed by atoms with E-state index in [4.69, 9.17) is 19.6 Å². The average Bonchev–Trinajstić information content (AvgIpc) is 3.00. The second-order valence-corrected chi connectivity index (χ2v) is 5.87. The topological polar surface area (TPSA) is 83.4 Å². The highest BCUT2D eigenvalue weighted by molar-refractivity contribution is 9.10. The Morgan fingerprint density at radius 2 is 1.96 bits per heavy atom. The molecule has 7 heteroatoms. The normalized spacial score (nSPS) is 10.6. The third kappa shape index (κ3) is 3.86. The summed E-state index contributed by atoms with van der Waals surface area (Å²) in [4.78, 5) is 0. The molecule has 0 aliphatic carbocycles. The Balaban J connectivity index is 1.81. The predicted octanol–water partition coefficient (Wildman–Crippen LogP) is 4.06. The van der Waals surface area contributed by atoms with Crippen molar-refractivity contribution in [2.45, 2.75) is 13.5 Å². The summed E-state index contributed by atoms with van der Waals surface area (Å²) >= 11 is 3.45. The summed E-state index contributed by atoms with van der Waals surface area (Å²) in [6.07, 6.45) is 0. The SMILES string of the molecule is CCOc1cc(-c2nnc(N)o2)ccc1OCc1cccc(Br)c1. The number of ether oxygens (including phenoxy) is 2. The van der Waals surface area contributed by atoms with E-state index < -0.39 is 0 Å². The number of anilines is 1. The molecule has 1 aromatic heterocycles. The second kappa shape index (κ2) is 7.35. The van der Waals surface area contributed by atoms with Crippen molar-refractivity contribution in [1.29, 1.82) is 0 Å². The van der Waals surface area contributed by atoms with Gasteiger partial charge in [0.1, 0.15) is 6.61 Å². The van der Waals surface area contributed by atoms with Crippen molar-refractivity contribution >= 4 is 21.9 Å². The zero-order chi connectivity index (χ0) is 16.9. The van der Waals surface area contributed by atoms with E-state index in [-0.39, 0.29) is 6.01 Å². The number of aromatic nitrogens is 2. The first-order valence-electron chi connectivity index (χ1n) is 7.39. The number of hydrogen-bond donors (Lipinski definition) is 1. The fourth-order valence-electron chi connectivity index (χ4n) is 2.17. The van der Waals surface area contributed by atoms with Crippen molar-refractivity contribution in [1.82, 2.24) is 10.2 Å².